The number of aliphatic hydroxyl groups excluding tert-OH is 1. The van der Waals surface area contributed by atoms with Crippen LogP contribution in [0.3, 0.4) is 0 Å². The molecule has 6 nitrogen and oxygen atoms in total. The summed E-state index contributed by atoms with van der Waals surface area (Å²) in [6, 6.07) is 6.76. The van der Waals surface area contributed by atoms with Crippen molar-refractivity contribution in [1.82, 2.24) is 5.32 Å². The Bertz CT molecular complexity index is 1870. The lowest BCUT2D eigenvalue weighted by Gasteiger charge is -2.42. The number of nitrogens with zero attached hydrogens (tertiary/aromatic N) is 2. The predicted molar refractivity (Wildman–Crippen MR) is 306 cm³/mol. The van der Waals surface area contributed by atoms with Crippen molar-refractivity contribution in [2.75, 3.05) is 11.5 Å². The number of hydrogen-bond donors (Lipinski definition) is 2. The van der Waals surface area contributed by atoms with Crippen molar-refractivity contribution in [3.05, 3.63) is 95.3 Å². The van der Waals surface area contributed by atoms with Gasteiger partial charge < -0.3 is 15.3 Å². The summed E-state index contributed by atoms with van der Waals surface area (Å²) in [6.07, 6.45) is 25.8. The third-order valence-electron chi connectivity index (χ3n) is 14.1. The summed E-state index contributed by atoms with van der Waals surface area (Å²) in [4.78, 5) is 32.7. The molecule has 1 heterocycles. The van der Waals surface area contributed by atoms with Gasteiger partial charge in [-0.3, -0.25) is 14.6 Å². The first-order valence-corrected chi connectivity index (χ1v) is 27.8. The SMILES string of the molecule is C=C/C(F)=C(\C=C/C)N/C(C)=C(C)/C(=C\C(=C)c1ccc2c(c1)N(C1CC(CCC)C1)C(=O)C2(CCC)CCC)N=CCC.CC.CC(C)C.CCC(C)C(=O)C(C)(C)CO.CCC1CCC(CC)C1. The van der Waals surface area contributed by atoms with Crippen molar-refractivity contribution in [3.63, 3.8) is 0 Å². The third kappa shape index (κ3) is 20.0. The molecule has 2 aliphatic carbocycles. The number of aliphatic hydroxyl groups is 1. The molecule has 0 aromatic heterocycles. The maximum Gasteiger partial charge on any atom is 0.237 e. The highest BCUT2D eigenvalue weighted by Gasteiger charge is 2.53. The van der Waals surface area contributed by atoms with Crippen LogP contribution in [-0.4, -0.2) is 35.7 Å². The lowest BCUT2D eigenvalue weighted by molar-refractivity contribution is -0.132. The van der Waals surface area contributed by atoms with Crippen LogP contribution in [0.25, 0.3) is 5.57 Å². The molecule has 398 valence electrons. The third-order valence-corrected chi connectivity index (χ3v) is 14.1. The van der Waals surface area contributed by atoms with Gasteiger partial charge in [-0.2, -0.15) is 0 Å². The summed E-state index contributed by atoms with van der Waals surface area (Å²) in [6.45, 7) is 44.9. The molecular weight excluding hydrogens is 866 g/mol. The molecule has 4 rings (SSSR count). The number of benzene rings is 1. The zero-order valence-electron chi connectivity index (χ0n) is 48.3. The number of rotatable bonds is 22. The van der Waals surface area contributed by atoms with Crippen molar-refractivity contribution in [2.45, 2.75) is 232 Å². The number of halogens is 1. The van der Waals surface area contributed by atoms with Crippen LogP contribution in [0.15, 0.2) is 89.1 Å². The zero-order chi connectivity index (χ0) is 53.8. The van der Waals surface area contributed by atoms with E-state index in [1.165, 1.54) is 56.6 Å². The molecule has 0 saturated heterocycles. The highest BCUT2D eigenvalue weighted by molar-refractivity contribution is 6.09. The summed E-state index contributed by atoms with van der Waals surface area (Å²) in [5.74, 6) is 3.79. The van der Waals surface area contributed by atoms with Gasteiger partial charge in [-0.05, 0) is 136 Å². The molecule has 1 aliphatic heterocycles. The van der Waals surface area contributed by atoms with Gasteiger partial charge in [-0.1, -0.05) is 187 Å². The van der Waals surface area contributed by atoms with Gasteiger partial charge in [0.2, 0.25) is 5.91 Å². The fourth-order valence-corrected chi connectivity index (χ4v) is 9.65. The molecule has 7 heteroatoms. The van der Waals surface area contributed by atoms with E-state index in [2.05, 4.69) is 97.0 Å². The maximum absolute atomic E-state index is 14.4. The maximum atomic E-state index is 14.4. The molecule has 0 bridgehead atoms. The lowest BCUT2D eigenvalue weighted by atomic mass is 9.73. The van der Waals surface area contributed by atoms with Crippen LogP contribution in [0.4, 0.5) is 10.1 Å². The van der Waals surface area contributed by atoms with Gasteiger partial charge in [0.25, 0.3) is 0 Å². The normalized spacial score (nSPS) is 20.6. The Kier molecular flexibility index (Phi) is 32.6. The van der Waals surface area contributed by atoms with E-state index in [0.717, 1.165) is 103 Å². The van der Waals surface area contributed by atoms with Crippen LogP contribution in [0.5, 0.6) is 0 Å². The number of aliphatic imine (C=N–C) groups is 1. The molecular formula is C63H106FN3O3. The minimum absolute atomic E-state index is 0.0594. The van der Waals surface area contributed by atoms with E-state index < -0.39 is 16.7 Å². The van der Waals surface area contributed by atoms with Crippen LogP contribution in [0, 0.1) is 35.0 Å². The number of allylic oxidation sites excluding steroid dienone is 8. The Morgan fingerprint density at radius 1 is 0.943 bits per heavy atom. The molecule has 1 aromatic rings. The number of amides is 1. The van der Waals surface area contributed by atoms with Gasteiger partial charge in [0.05, 0.1) is 23.4 Å². The van der Waals surface area contributed by atoms with Crippen molar-refractivity contribution < 1.29 is 19.1 Å². The summed E-state index contributed by atoms with van der Waals surface area (Å²) in [5.41, 5.74) is 5.80. The van der Waals surface area contributed by atoms with Crippen LogP contribution in [-0.2, 0) is 15.0 Å². The summed E-state index contributed by atoms with van der Waals surface area (Å²) in [5, 5.41) is 12.1. The molecule has 2 N–H and O–H groups in total. The smallest absolute Gasteiger partial charge is 0.237 e. The number of hydrogen-bond acceptors (Lipinski definition) is 5. The molecule has 0 radical (unpaired) electrons. The molecule has 0 spiro atoms. The second-order valence-corrected chi connectivity index (χ2v) is 21.2. The van der Waals surface area contributed by atoms with Crippen LogP contribution >= 0.6 is 0 Å². The fraction of sp³-hybridized carbons (Fsp3) is 0.667. The van der Waals surface area contributed by atoms with E-state index >= 15 is 0 Å². The van der Waals surface area contributed by atoms with Crippen LogP contribution < -0.4 is 10.2 Å². The van der Waals surface area contributed by atoms with Gasteiger partial charge in [-0.25, -0.2) is 4.39 Å². The number of fused-ring (bicyclic) bond motifs is 1. The first-order chi connectivity index (χ1) is 33.2. The molecule has 3 unspecified atom stereocenters. The Morgan fingerprint density at radius 3 is 1.93 bits per heavy atom. The number of carbonyl (C=O) groups excluding carboxylic acids is 2. The predicted octanol–water partition coefficient (Wildman–Crippen LogP) is 18.2. The molecule has 1 aromatic carbocycles. The number of anilines is 1. The number of ketones is 1. The fourth-order valence-electron chi connectivity index (χ4n) is 9.65. The topological polar surface area (TPSA) is 82.0 Å². The largest absolute Gasteiger partial charge is 0.395 e. The summed E-state index contributed by atoms with van der Waals surface area (Å²) in [7, 11) is 0. The minimum Gasteiger partial charge on any atom is -0.395 e. The van der Waals surface area contributed by atoms with E-state index in [-0.39, 0.29) is 24.3 Å². The highest BCUT2D eigenvalue weighted by atomic mass is 19.1. The molecule has 3 atom stereocenters. The minimum atomic E-state index is -0.560. The van der Waals surface area contributed by atoms with E-state index in [4.69, 9.17) is 10.1 Å². The van der Waals surface area contributed by atoms with Crippen LogP contribution in [0.2, 0.25) is 0 Å². The van der Waals surface area contributed by atoms with E-state index in [0.29, 0.717) is 17.5 Å². The summed E-state index contributed by atoms with van der Waals surface area (Å²) >= 11 is 0. The first-order valence-electron chi connectivity index (χ1n) is 27.8. The molecule has 2 saturated carbocycles. The number of Topliss-reactive ketones (excluding diaryl/α,β-unsaturated/α-hetero) is 1. The Balaban J connectivity index is 0.00000148. The molecule has 70 heavy (non-hydrogen) atoms. The standard InChI is InChI=1S/C39H54FN3O.C9H18O2.C9H18.C4H10.C2H6/c1-10-16-30-24-32(25-30)43-37-26-31(18-19-33(37)39(20-12-3,21-13-4)38(43)44)27(7)23-36(41-22-14-5)28(8)29(9)42-35(17-11-2)34(40)15-6;1-5-7(2)8(11)9(3,4)6-10;1-3-8-5-6-9(4-2)7-8;1-4(2)3;1-2/h11,15,17-19,22-23,26,30,32,42H,6-7,10,12-14,16,20-21,24-25H2,1-5,8-9H3;7,10H,5-6H2,1-4H3;8-9H,3-7H2,1-2H3;4H,1-3H3;1-2H3/b17-11-,29-28+,35-34-,36-23+,41-22?;;;;. The van der Waals surface area contributed by atoms with Gasteiger partial charge in [0.1, 0.15) is 11.6 Å². The highest BCUT2D eigenvalue weighted by Crippen LogP contribution is 2.52. The van der Waals surface area contributed by atoms with Crippen LogP contribution in [0.1, 0.15) is 232 Å². The average molecular weight is 973 g/mol. The van der Waals surface area contributed by atoms with Crippen molar-refractivity contribution in [3.8, 4) is 0 Å². The molecule has 2 fully saturated rings. The van der Waals surface area contributed by atoms with E-state index in [1.807, 2.05) is 67.7 Å². The number of nitrogens with one attached hydrogen (secondary N) is 1. The van der Waals surface area contributed by atoms with Crippen molar-refractivity contribution in [1.29, 1.82) is 0 Å². The van der Waals surface area contributed by atoms with E-state index in [1.54, 1.807) is 26.0 Å². The first kappa shape index (κ1) is 66.2. The van der Waals surface area contributed by atoms with Gasteiger partial charge in [0, 0.05) is 35.0 Å². The average Bonchev–Trinajstić information content (AvgIpc) is 3.90. The zero-order valence-corrected chi connectivity index (χ0v) is 48.3. The van der Waals surface area contributed by atoms with Crippen molar-refractivity contribution >= 4 is 29.2 Å². The quantitative estimate of drug-likeness (QED) is 0.0896. The van der Waals surface area contributed by atoms with Gasteiger partial charge in [0.15, 0.2) is 0 Å². The molecule has 3 aliphatic rings. The monoisotopic (exact) mass is 972 g/mol. The van der Waals surface area contributed by atoms with Gasteiger partial charge >= 0.3 is 0 Å². The Morgan fingerprint density at radius 2 is 1.50 bits per heavy atom. The second kappa shape index (κ2) is 34.5. The Hall–Kier alpha value is -3.84. The van der Waals surface area contributed by atoms with E-state index in [9.17, 15) is 14.0 Å². The Labute approximate surface area is 431 Å². The van der Waals surface area contributed by atoms with Gasteiger partial charge in [-0.15, -0.1) is 0 Å². The molecule has 1 amide bonds. The lowest BCUT2D eigenvalue weighted by Crippen LogP contribution is -2.50. The summed E-state index contributed by atoms with van der Waals surface area (Å²) < 4.78 is 14.4. The van der Waals surface area contributed by atoms with Crippen molar-refractivity contribution in [2.24, 2.45) is 40.0 Å². The number of carbonyl (C=O) groups is 2. The second-order valence-electron chi connectivity index (χ2n) is 21.2.